The molecule has 23 heavy (non-hydrogen) atoms. The van der Waals surface area contributed by atoms with Crippen LogP contribution < -0.4 is 5.56 Å². The van der Waals surface area contributed by atoms with Crippen molar-refractivity contribution in [2.75, 3.05) is 13.1 Å². The first-order chi connectivity index (χ1) is 10.9. The second kappa shape index (κ2) is 6.17. The predicted octanol–water partition coefficient (Wildman–Crippen LogP) is 1.15. The van der Waals surface area contributed by atoms with Gasteiger partial charge in [-0.2, -0.15) is 5.10 Å². The number of rotatable bonds is 3. The van der Waals surface area contributed by atoms with Gasteiger partial charge < -0.3 is 5.11 Å². The quantitative estimate of drug-likeness (QED) is 0.921. The Morgan fingerprint density at radius 1 is 1.35 bits per heavy atom. The van der Waals surface area contributed by atoms with Crippen LogP contribution in [0, 0.1) is 11.6 Å². The predicted molar refractivity (Wildman–Crippen MR) is 79.8 cm³/mol. The number of aliphatic hydroxyl groups is 1. The zero-order chi connectivity index (χ0) is 16.6. The van der Waals surface area contributed by atoms with Crippen molar-refractivity contribution in [2.45, 2.75) is 19.1 Å². The molecule has 3 rings (SSSR count). The Bertz CT molecular complexity index is 791. The lowest BCUT2D eigenvalue weighted by Crippen LogP contribution is -2.36. The van der Waals surface area contributed by atoms with E-state index in [1.54, 1.807) is 7.05 Å². The van der Waals surface area contributed by atoms with Gasteiger partial charge in [-0.15, -0.1) is 0 Å². The number of fused-ring (bicyclic) bond motifs is 1. The van der Waals surface area contributed by atoms with Gasteiger partial charge in [0.25, 0.3) is 5.56 Å². The number of benzene rings is 1. The first-order valence-corrected chi connectivity index (χ1v) is 7.35. The number of aryl methyl sites for hydroxylation is 1. The van der Waals surface area contributed by atoms with Crippen LogP contribution in [0.2, 0.25) is 0 Å². The summed E-state index contributed by atoms with van der Waals surface area (Å²) in [5.41, 5.74) is 1.42. The maximum absolute atomic E-state index is 13.7. The highest BCUT2D eigenvalue weighted by molar-refractivity contribution is 5.23. The van der Waals surface area contributed by atoms with Crippen LogP contribution >= 0.6 is 0 Å². The number of β-amino-alcohol motifs (C(OH)–C–C–N with tert-alkyl or cyclic N) is 1. The van der Waals surface area contributed by atoms with Gasteiger partial charge >= 0.3 is 0 Å². The Morgan fingerprint density at radius 2 is 2.13 bits per heavy atom. The molecular formula is C16H17F2N3O2. The number of hydrogen-bond donors (Lipinski definition) is 1. The average Bonchev–Trinajstić information content (AvgIpc) is 2.51. The topological polar surface area (TPSA) is 58.4 Å². The van der Waals surface area contributed by atoms with Crippen LogP contribution in [0.3, 0.4) is 0 Å². The van der Waals surface area contributed by atoms with Crippen molar-refractivity contribution in [3.63, 3.8) is 0 Å². The van der Waals surface area contributed by atoms with Crippen molar-refractivity contribution in [1.82, 2.24) is 14.7 Å². The fourth-order valence-corrected chi connectivity index (χ4v) is 2.82. The van der Waals surface area contributed by atoms with Gasteiger partial charge in [0.15, 0.2) is 0 Å². The summed E-state index contributed by atoms with van der Waals surface area (Å²) in [5, 5.41) is 14.4. The van der Waals surface area contributed by atoms with E-state index in [0.29, 0.717) is 19.5 Å². The van der Waals surface area contributed by atoms with Crippen LogP contribution in [0.15, 0.2) is 29.1 Å². The first kappa shape index (κ1) is 15.8. The lowest BCUT2D eigenvalue weighted by atomic mass is 10.0. The standard InChI is InChI=1S/C16H17F2N3O2/c1-20-16(23)6-10-8-21(5-4-14(10)19-20)9-15(22)12-7-11(17)2-3-13(12)18/h2-3,6-7,15,22H,4-5,8-9H2,1H3. The van der Waals surface area contributed by atoms with Crippen molar-refractivity contribution in [2.24, 2.45) is 7.05 Å². The molecule has 122 valence electrons. The molecule has 0 fully saturated rings. The van der Waals surface area contributed by atoms with Crippen LogP contribution in [0.25, 0.3) is 0 Å². The van der Waals surface area contributed by atoms with E-state index in [0.717, 1.165) is 29.5 Å². The molecule has 2 aromatic rings. The highest BCUT2D eigenvalue weighted by Gasteiger charge is 2.23. The molecule has 1 aliphatic heterocycles. The number of aliphatic hydroxyl groups excluding tert-OH is 1. The monoisotopic (exact) mass is 321 g/mol. The molecule has 1 atom stereocenters. The Kier molecular flexibility index (Phi) is 4.23. The highest BCUT2D eigenvalue weighted by atomic mass is 19.1. The smallest absolute Gasteiger partial charge is 0.266 e. The fourth-order valence-electron chi connectivity index (χ4n) is 2.82. The van der Waals surface area contributed by atoms with Gasteiger partial charge in [0.2, 0.25) is 0 Å². The largest absolute Gasteiger partial charge is 0.387 e. The number of hydrogen-bond acceptors (Lipinski definition) is 4. The lowest BCUT2D eigenvalue weighted by molar-refractivity contribution is 0.102. The van der Waals surface area contributed by atoms with Crippen molar-refractivity contribution in [1.29, 1.82) is 0 Å². The molecule has 0 saturated carbocycles. The van der Waals surface area contributed by atoms with Gasteiger partial charge in [-0.05, 0) is 23.8 Å². The Labute approximate surface area is 131 Å². The molecule has 7 heteroatoms. The lowest BCUT2D eigenvalue weighted by Gasteiger charge is -2.29. The zero-order valence-electron chi connectivity index (χ0n) is 12.7. The summed E-state index contributed by atoms with van der Waals surface area (Å²) in [6, 6.07) is 4.57. The number of aromatic nitrogens is 2. The zero-order valence-corrected chi connectivity index (χ0v) is 12.7. The third-order valence-corrected chi connectivity index (χ3v) is 4.06. The SMILES string of the molecule is Cn1nc2c(cc1=O)CN(CC(O)c1cc(F)ccc1F)CC2. The van der Waals surface area contributed by atoms with Crippen LogP contribution in [0.4, 0.5) is 8.78 Å². The normalized spacial score (nSPS) is 16.2. The molecule has 5 nitrogen and oxygen atoms in total. The van der Waals surface area contributed by atoms with Gasteiger partial charge in [-0.3, -0.25) is 9.69 Å². The Morgan fingerprint density at radius 3 is 2.91 bits per heavy atom. The third-order valence-electron chi connectivity index (χ3n) is 4.06. The molecule has 0 aliphatic carbocycles. The summed E-state index contributed by atoms with van der Waals surface area (Å²) in [7, 11) is 1.60. The van der Waals surface area contributed by atoms with Gasteiger partial charge in [0.05, 0.1) is 11.8 Å². The van der Waals surface area contributed by atoms with Gasteiger partial charge in [-0.25, -0.2) is 13.5 Å². The van der Waals surface area contributed by atoms with E-state index in [9.17, 15) is 18.7 Å². The highest BCUT2D eigenvalue weighted by Crippen LogP contribution is 2.22. The maximum atomic E-state index is 13.7. The van der Waals surface area contributed by atoms with Crippen LogP contribution in [0.5, 0.6) is 0 Å². The molecule has 1 unspecified atom stereocenters. The summed E-state index contributed by atoms with van der Waals surface area (Å²) < 4.78 is 28.2. The molecule has 1 N–H and O–H groups in total. The van der Waals surface area contributed by atoms with E-state index >= 15 is 0 Å². The van der Waals surface area contributed by atoms with Crippen LogP contribution in [-0.2, 0) is 20.0 Å². The molecule has 1 aliphatic rings. The average molecular weight is 321 g/mol. The Hall–Kier alpha value is -2.12. The minimum atomic E-state index is -1.13. The van der Waals surface area contributed by atoms with E-state index in [2.05, 4.69) is 5.10 Å². The summed E-state index contributed by atoms with van der Waals surface area (Å²) in [6.45, 7) is 1.24. The van der Waals surface area contributed by atoms with Crippen LogP contribution in [0.1, 0.15) is 22.9 Å². The molecule has 0 bridgehead atoms. The van der Waals surface area contributed by atoms with Gasteiger partial charge in [-0.1, -0.05) is 0 Å². The van der Waals surface area contributed by atoms with E-state index in [1.807, 2.05) is 4.90 Å². The molecule has 2 heterocycles. The van der Waals surface area contributed by atoms with Crippen molar-refractivity contribution in [3.05, 3.63) is 63.1 Å². The fraction of sp³-hybridized carbons (Fsp3) is 0.375. The summed E-state index contributed by atoms with van der Waals surface area (Å²) in [6.07, 6.45) is -0.492. The van der Waals surface area contributed by atoms with Crippen molar-refractivity contribution < 1.29 is 13.9 Å². The van der Waals surface area contributed by atoms with Crippen LogP contribution in [-0.4, -0.2) is 32.9 Å². The molecular weight excluding hydrogens is 304 g/mol. The molecule has 0 spiro atoms. The number of halogens is 2. The second-order valence-electron chi connectivity index (χ2n) is 5.74. The molecule has 1 aromatic heterocycles. The van der Waals surface area contributed by atoms with E-state index in [1.165, 1.54) is 10.7 Å². The minimum absolute atomic E-state index is 0.0575. The van der Waals surface area contributed by atoms with E-state index < -0.39 is 17.7 Å². The van der Waals surface area contributed by atoms with Gasteiger partial charge in [0.1, 0.15) is 11.6 Å². The summed E-state index contributed by atoms with van der Waals surface area (Å²) in [4.78, 5) is 13.6. The van der Waals surface area contributed by atoms with Crippen molar-refractivity contribution in [3.8, 4) is 0 Å². The third kappa shape index (κ3) is 3.30. The van der Waals surface area contributed by atoms with Gasteiger partial charge in [0, 0.05) is 44.7 Å². The maximum Gasteiger partial charge on any atom is 0.266 e. The summed E-state index contributed by atoms with van der Waals surface area (Å²) in [5.74, 6) is -1.22. The molecule has 0 saturated heterocycles. The molecule has 1 aromatic carbocycles. The van der Waals surface area contributed by atoms with E-state index in [-0.39, 0.29) is 17.7 Å². The second-order valence-corrected chi connectivity index (χ2v) is 5.74. The number of nitrogens with zero attached hydrogens (tertiary/aromatic N) is 3. The molecule has 0 amide bonds. The first-order valence-electron chi connectivity index (χ1n) is 7.35. The summed E-state index contributed by atoms with van der Waals surface area (Å²) >= 11 is 0. The minimum Gasteiger partial charge on any atom is -0.387 e. The van der Waals surface area contributed by atoms with E-state index in [4.69, 9.17) is 0 Å². The Balaban J connectivity index is 1.75. The molecule has 0 radical (unpaired) electrons. The van der Waals surface area contributed by atoms with Crippen molar-refractivity contribution >= 4 is 0 Å².